The largest absolute Gasteiger partial charge is 0.376 e. The maximum atomic E-state index is 3.82. The van der Waals surface area contributed by atoms with E-state index in [1.54, 1.807) is 5.57 Å². The van der Waals surface area contributed by atoms with Crippen molar-refractivity contribution in [2.45, 2.75) is 64.8 Å². The van der Waals surface area contributed by atoms with E-state index in [0.29, 0.717) is 0 Å². The van der Waals surface area contributed by atoms with Crippen LogP contribution in [-0.2, 0) is 0 Å². The Balaban J connectivity index is 2.41. The van der Waals surface area contributed by atoms with Gasteiger partial charge in [0.05, 0.1) is 5.54 Å². The minimum Gasteiger partial charge on any atom is -0.376 e. The van der Waals surface area contributed by atoms with Gasteiger partial charge in [-0.25, -0.2) is 0 Å². The van der Waals surface area contributed by atoms with Crippen molar-refractivity contribution in [3.63, 3.8) is 0 Å². The average molecular weight is 257 g/mol. The van der Waals surface area contributed by atoms with Gasteiger partial charge in [0.15, 0.2) is 0 Å². The van der Waals surface area contributed by atoms with Crippen LogP contribution in [0.1, 0.15) is 64.9 Å². The normalized spacial score (nSPS) is 16.5. The van der Waals surface area contributed by atoms with Gasteiger partial charge in [-0.3, -0.25) is 0 Å². The van der Waals surface area contributed by atoms with Crippen molar-refractivity contribution in [3.8, 4) is 0 Å². The lowest BCUT2D eigenvalue weighted by Crippen LogP contribution is -2.38. The molecule has 1 heterocycles. The van der Waals surface area contributed by atoms with Gasteiger partial charge in [0.1, 0.15) is 0 Å². The molecule has 0 amide bonds. The third-order valence-corrected chi connectivity index (χ3v) is 4.02. The summed E-state index contributed by atoms with van der Waals surface area (Å²) in [6, 6.07) is 8.78. The molecular formula is C18H27N. The van der Waals surface area contributed by atoms with Crippen LogP contribution in [0.3, 0.4) is 0 Å². The van der Waals surface area contributed by atoms with Crippen LogP contribution in [0.5, 0.6) is 0 Å². The van der Waals surface area contributed by atoms with Crippen molar-refractivity contribution in [1.82, 2.24) is 0 Å². The Hall–Kier alpha value is -1.24. The molecule has 1 aliphatic heterocycles. The Kier molecular flexibility index (Phi) is 4.68. The third-order valence-electron chi connectivity index (χ3n) is 4.02. The second-order valence-electron chi connectivity index (χ2n) is 5.75. The van der Waals surface area contributed by atoms with Crippen LogP contribution in [0.2, 0.25) is 0 Å². The molecule has 0 unspecified atom stereocenters. The van der Waals surface area contributed by atoms with Gasteiger partial charge >= 0.3 is 0 Å². The molecule has 2 rings (SSSR count). The van der Waals surface area contributed by atoms with E-state index in [0.717, 1.165) is 0 Å². The summed E-state index contributed by atoms with van der Waals surface area (Å²) in [5.41, 5.74) is 4.46. The number of anilines is 1. The highest BCUT2D eigenvalue weighted by Crippen LogP contribution is 2.39. The lowest BCUT2D eigenvalue weighted by molar-refractivity contribution is 0.473. The van der Waals surface area contributed by atoms with Crippen LogP contribution in [0.15, 0.2) is 30.3 Å². The van der Waals surface area contributed by atoms with Gasteiger partial charge in [-0.15, -0.1) is 0 Å². The zero-order chi connectivity index (χ0) is 13.7. The summed E-state index contributed by atoms with van der Waals surface area (Å²) in [7, 11) is 0. The van der Waals surface area contributed by atoms with E-state index in [4.69, 9.17) is 0 Å². The summed E-state index contributed by atoms with van der Waals surface area (Å²) in [6.45, 7) is 6.84. The number of allylic oxidation sites excluding steroid dienone is 1. The molecule has 19 heavy (non-hydrogen) atoms. The fourth-order valence-electron chi connectivity index (χ4n) is 3.35. The molecular weight excluding hydrogens is 230 g/mol. The highest BCUT2D eigenvalue weighted by Gasteiger charge is 2.30. The van der Waals surface area contributed by atoms with E-state index >= 15 is 0 Å². The van der Waals surface area contributed by atoms with E-state index in [1.165, 1.54) is 49.8 Å². The summed E-state index contributed by atoms with van der Waals surface area (Å²) < 4.78 is 0. The van der Waals surface area contributed by atoms with Gasteiger partial charge in [0.2, 0.25) is 0 Å². The van der Waals surface area contributed by atoms with Crippen LogP contribution in [0.4, 0.5) is 5.69 Å². The molecule has 0 aliphatic carbocycles. The summed E-state index contributed by atoms with van der Waals surface area (Å²) in [5.74, 6) is 0. The molecule has 1 aliphatic rings. The third kappa shape index (κ3) is 3.02. The van der Waals surface area contributed by atoms with E-state index in [9.17, 15) is 0 Å². The molecule has 0 saturated carbocycles. The van der Waals surface area contributed by atoms with Gasteiger partial charge in [0.25, 0.3) is 0 Å². The van der Waals surface area contributed by atoms with E-state index < -0.39 is 0 Å². The number of para-hydroxylation sites is 1. The molecule has 1 aromatic rings. The lowest BCUT2D eigenvalue weighted by Gasteiger charge is -2.38. The molecule has 1 nitrogen and oxygen atoms in total. The second kappa shape index (κ2) is 6.27. The number of benzene rings is 1. The van der Waals surface area contributed by atoms with Gasteiger partial charge < -0.3 is 5.32 Å². The van der Waals surface area contributed by atoms with Crippen LogP contribution < -0.4 is 5.32 Å². The second-order valence-corrected chi connectivity index (χ2v) is 5.75. The molecule has 1 N–H and O–H groups in total. The molecule has 0 atom stereocenters. The van der Waals surface area contributed by atoms with E-state index in [1.807, 2.05) is 0 Å². The van der Waals surface area contributed by atoms with Crippen molar-refractivity contribution in [3.05, 3.63) is 35.9 Å². The summed E-state index contributed by atoms with van der Waals surface area (Å²) in [5, 5.41) is 3.82. The summed E-state index contributed by atoms with van der Waals surface area (Å²) in [6.07, 6.45) is 9.84. The number of fused-ring (bicyclic) bond motifs is 1. The first-order valence-electron chi connectivity index (χ1n) is 7.84. The Morgan fingerprint density at radius 1 is 0.947 bits per heavy atom. The maximum absolute atomic E-state index is 3.82. The topological polar surface area (TPSA) is 12.0 Å². The fourth-order valence-corrected chi connectivity index (χ4v) is 3.35. The Bertz CT molecular complexity index is 439. The quantitative estimate of drug-likeness (QED) is 0.696. The predicted octanol–water partition coefficient (Wildman–Crippen LogP) is 5.63. The molecule has 0 radical (unpaired) electrons. The summed E-state index contributed by atoms with van der Waals surface area (Å²) >= 11 is 0. The molecule has 0 saturated heterocycles. The molecule has 0 aromatic heterocycles. The SMILES string of the molecule is CCCC1=CC(CCC)(CCC)Nc2ccccc21. The van der Waals surface area contributed by atoms with Gasteiger partial charge in [0, 0.05) is 11.3 Å². The first-order chi connectivity index (χ1) is 9.24. The van der Waals surface area contributed by atoms with E-state index in [2.05, 4.69) is 56.4 Å². The molecule has 104 valence electrons. The minimum atomic E-state index is 0.183. The molecule has 1 heteroatoms. The minimum absolute atomic E-state index is 0.183. The van der Waals surface area contributed by atoms with Crippen molar-refractivity contribution in [1.29, 1.82) is 0 Å². The zero-order valence-corrected chi connectivity index (χ0v) is 12.6. The molecule has 0 bridgehead atoms. The standard InChI is InChI=1S/C18H27N/c1-4-9-15-14-18(12-5-2,13-6-3)19-17-11-8-7-10-16(15)17/h7-8,10-11,14,19H,4-6,9,12-13H2,1-3H3. The maximum Gasteiger partial charge on any atom is 0.0562 e. The van der Waals surface area contributed by atoms with Crippen molar-refractivity contribution in [2.75, 3.05) is 5.32 Å². The highest BCUT2D eigenvalue weighted by molar-refractivity contribution is 5.81. The first-order valence-corrected chi connectivity index (χ1v) is 7.84. The zero-order valence-electron chi connectivity index (χ0n) is 12.6. The molecule has 0 spiro atoms. The number of rotatable bonds is 6. The Morgan fingerprint density at radius 2 is 1.63 bits per heavy atom. The number of nitrogens with one attached hydrogen (secondary N) is 1. The van der Waals surface area contributed by atoms with Gasteiger partial charge in [-0.1, -0.05) is 64.3 Å². The monoisotopic (exact) mass is 257 g/mol. The van der Waals surface area contributed by atoms with Gasteiger partial charge in [-0.2, -0.15) is 0 Å². The van der Waals surface area contributed by atoms with Crippen LogP contribution in [0, 0.1) is 0 Å². The number of hydrogen-bond acceptors (Lipinski definition) is 1. The van der Waals surface area contributed by atoms with E-state index in [-0.39, 0.29) is 5.54 Å². The average Bonchev–Trinajstić information content (AvgIpc) is 2.39. The molecule has 1 aromatic carbocycles. The molecule has 0 fully saturated rings. The highest BCUT2D eigenvalue weighted by atomic mass is 15.0. The summed E-state index contributed by atoms with van der Waals surface area (Å²) in [4.78, 5) is 0. The van der Waals surface area contributed by atoms with Crippen LogP contribution in [0.25, 0.3) is 5.57 Å². The number of hydrogen-bond donors (Lipinski definition) is 1. The van der Waals surface area contributed by atoms with Crippen LogP contribution >= 0.6 is 0 Å². The smallest absolute Gasteiger partial charge is 0.0562 e. The first kappa shape index (κ1) is 14.2. The Labute approximate surface area is 118 Å². The van der Waals surface area contributed by atoms with Crippen molar-refractivity contribution in [2.24, 2.45) is 0 Å². The Morgan fingerprint density at radius 3 is 2.26 bits per heavy atom. The van der Waals surface area contributed by atoms with Gasteiger partial charge in [-0.05, 0) is 30.9 Å². The van der Waals surface area contributed by atoms with Crippen LogP contribution in [-0.4, -0.2) is 5.54 Å². The van der Waals surface area contributed by atoms with Crippen molar-refractivity contribution >= 4 is 11.3 Å². The van der Waals surface area contributed by atoms with Crippen molar-refractivity contribution < 1.29 is 0 Å². The fraction of sp³-hybridized carbons (Fsp3) is 0.556. The lowest BCUT2D eigenvalue weighted by atomic mass is 9.80. The predicted molar refractivity (Wildman–Crippen MR) is 85.5 cm³/mol.